The lowest BCUT2D eigenvalue weighted by Gasteiger charge is -2.06. The van der Waals surface area contributed by atoms with Crippen molar-refractivity contribution in [2.75, 3.05) is 6.54 Å². The van der Waals surface area contributed by atoms with E-state index in [0.29, 0.717) is 6.42 Å². The van der Waals surface area contributed by atoms with E-state index >= 15 is 0 Å². The summed E-state index contributed by atoms with van der Waals surface area (Å²) in [5.74, 6) is 0.146. The number of halogens is 1. The molecule has 0 saturated heterocycles. The lowest BCUT2D eigenvalue weighted by molar-refractivity contribution is -0.121. The summed E-state index contributed by atoms with van der Waals surface area (Å²) >= 11 is 5.83. The summed E-state index contributed by atoms with van der Waals surface area (Å²) in [7, 11) is 0. The first-order chi connectivity index (χ1) is 8.68. The Hall–Kier alpha value is -1.02. The number of carbonyl (C=O) groups is 1. The molecule has 1 rings (SSSR count). The van der Waals surface area contributed by atoms with E-state index in [1.807, 2.05) is 25.1 Å². The Balaban J connectivity index is 2.03. The first kappa shape index (κ1) is 15.0. The SMILES string of the molecule is CC(Cl)CCCNC(=O)CCCc1ccccc1. The van der Waals surface area contributed by atoms with Crippen molar-refractivity contribution < 1.29 is 4.79 Å². The van der Waals surface area contributed by atoms with Crippen molar-refractivity contribution in [3.05, 3.63) is 35.9 Å². The van der Waals surface area contributed by atoms with Gasteiger partial charge in [-0.3, -0.25) is 4.79 Å². The predicted molar refractivity (Wildman–Crippen MR) is 76.9 cm³/mol. The summed E-state index contributed by atoms with van der Waals surface area (Å²) in [5.41, 5.74) is 1.29. The fraction of sp³-hybridized carbons (Fsp3) is 0.533. The lowest BCUT2D eigenvalue weighted by atomic mass is 10.1. The molecule has 18 heavy (non-hydrogen) atoms. The molecule has 1 aromatic rings. The molecule has 1 atom stereocenters. The van der Waals surface area contributed by atoms with Crippen LogP contribution in [0.4, 0.5) is 0 Å². The molecule has 0 bridgehead atoms. The van der Waals surface area contributed by atoms with Gasteiger partial charge in [0, 0.05) is 18.3 Å². The summed E-state index contributed by atoms with van der Waals surface area (Å²) in [5, 5.41) is 3.12. The van der Waals surface area contributed by atoms with Gasteiger partial charge in [0.1, 0.15) is 0 Å². The molecule has 3 heteroatoms. The Kier molecular flexibility index (Phi) is 7.51. The van der Waals surface area contributed by atoms with Crippen LogP contribution in [0.1, 0.15) is 38.2 Å². The van der Waals surface area contributed by atoms with E-state index in [2.05, 4.69) is 17.4 Å². The van der Waals surface area contributed by atoms with Gasteiger partial charge in [-0.25, -0.2) is 0 Å². The second-order valence-electron chi connectivity index (χ2n) is 4.61. The number of aryl methyl sites for hydroxylation is 1. The van der Waals surface area contributed by atoms with E-state index in [1.54, 1.807) is 0 Å². The van der Waals surface area contributed by atoms with Crippen LogP contribution >= 0.6 is 11.6 Å². The summed E-state index contributed by atoms with van der Waals surface area (Å²) in [6.07, 6.45) is 4.38. The van der Waals surface area contributed by atoms with E-state index < -0.39 is 0 Å². The molecule has 2 nitrogen and oxygen atoms in total. The number of amides is 1. The van der Waals surface area contributed by atoms with Crippen molar-refractivity contribution in [1.29, 1.82) is 0 Å². The van der Waals surface area contributed by atoms with E-state index in [1.165, 1.54) is 5.56 Å². The Bertz CT molecular complexity index is 338. The standard InChI is InChI=1S/C15H22ClNO/c1-13(16)7-6-12-17-15(18)11-5-10-14-8-3-2-4-9-14/h2-4,8-9,13H,5-7,10-12H2,1H3,(H,17,18). The molecular formula is C15H22ClNO. The lowest BCUT2D eigenvalue weighted by Crippen LogP contribution is -2.24. The summed E-state index contributed by atoms with van der Waals surface area (Å²) in [4.78, 5) is 11.5. The van der Waals surface area contributed by atoms with Gasteiger partial charge in [0.2, 0.25) is 5.91 Å². The van der Waals surface area contributed by atoms with Gasteiger partial charge in [0.25, 0.3) is 0 Å². The quantitative estimate of drug-likeness (QED) is 0.567. The number of hydrogen-bond acceptors (Lipinski definition) is 1. The second kappa shape index (κ2) is 8.98. The van der Waals surface area contributed by atoms with E-state index in [9.17, 15) is 4.79 Å². The molecular weight excluding hydrogens is 246 g/mol. The molecule has 0 aliphatic heterocycles. The minimum Gasteiger partial charge on any atom is -0.356 e. The van der Waals surface area contributed by atoms with Gasteiger partial charge in [0.15, 0.2) is 0 Å². The minimum absolute atomic E-state index is 0.146. The van der Waals surface area contributed by atoms with Crippen LogP contribution in [-0.2, 0) is 11.2 Å². The van der Waals surface area contributed by atoms with Crippen molar-refractivity contribution in [2.45, 2.75) is 44.4 Å². The highest BCUT2D eigenvalue weighted by molar-refractivity contribution is 6.20. The molecule has 1 N–H and O–H groups in total. The van der Waals surface area contributed by atoms with Crippen molar-refractivity contribution in [1.82, 2.24) is 5.32 Å². The molecule has 0 aromatic heterocycles. The zero-order valence-electron chi connectivity index (χ0n) is 11.0. The van der Waals surface area contributed by atoms with Gasteiger partial charge < -0.3 is 5.32 Å². The fourth-order valence-electron chi connectivity index (χ4n) is 1.80. The minimum atomic E-state index is 0.146. The monoisotopic (exact) mass is 267 g/mol. The molecule has 1 aromatic carbocycles. The van der Waals surface area contributed by atoms with Crippen molar-refractivity contribution in [3.8, 4) is 0 Å². The van der Waals surface area contributed by atoms with Crippen LogP contribution in [0, 0.1) is 0 Å². The molecule has 100 valence electrons. The third-order valence-corrected chi connectivity index (χ3v) is 3.03. The first-order valence-corrected chi connectivity index (χ1v) is 7.07. The highest BCUT2D eigenvalue weighted by atomic mass is 35.5. The largest absolute Gasteiger partial charge is 0.356 e. The van der Waals surface area contributed by atoms with Gasteiger partial charge in [-0.05, 0) is 38.2 Å². The molecule has 1 amide bonds. The van der Waals surface area contributed by atoms with E-state index in [-0.39, 0.29) is 11.3 Å². The molecule has 0 spiro atoms. The third kappa shape index (κ3) is 7.33. The average Bonchev–Trinajstić information content (AvgIpc) is 2.36. The molecule has 0 aliphatic rings. The summed E-state index contributed by atoms with van der Waals surface area (Å²) in [6, 6.07) is 10.3. The van der Waals surface area contributed by atoms with Gasteiger partial charge >= 0.3 is 0 Å². The normalized spacial score (nSPS) is 12.1. The number of benzene rings is 1. The molecule has 1 unspecified atom stereocenters. The second-order valence-corrected chi connectivity index (χ2v) is 5.36. The molecule has 0 aliphatic carbocycles. The molecule has 0 saturated carbocycles. The maximum atomic E-state index is 11.5. The Morgan fingerprint density at radius 3 is 2.67 bits per heavy atom. The van der Waals surface area contributed by atoms with Crippen molar-refractivity contribution in [2.24, 2.45) is 0 Å². The topological polar surface area (TPSA) is 29.1 Å². The predicted octanol–water partition coefficient (Wildman–Crippen LogP) is 3.53. The third-order valence-electron chi connectivity index (χ3n) is 2.81. The van der Waals surface area contributed by atoms with Gasteiger partial charge in [-0.15, -0.1) is 11.6 Å². The number of rotatable bonds is 8. The highest BCUT2D eigenvalue weighted by Gasteiger charge is 2.02. The first-order valence-electron chi connectivity index (χ1n) is 6.63. The van der Waals surface area contributed by atoms with Gasteiger partial charge in [0.05, 0.1) is 0 Å². The number of carbonyl (C=O) groups excluding carboxylic acids is 1. The van der Waals surface area contributed by atoms with Gasteiger partial charge in [-0.2, -0.15) is 0 Å². The molecule has 0 fully saturated rings. The Labute approximate surface area is 115 Å². The molecule has 0 heterocycles. The van der Waals surface area contributed by atoms with E-state index in [4.69, 9.17) is 11.6 Å². The highest BCUT2D eigenvalue weighted by Crippen LogP contribution is 2.05. The van der Waals surface area contributed by atoms with E-state index in [0.717, 1.165) is 32.2 Å². The zero-order valence-corrected chi connectivity index (χ0v) is 11.7. The van der Waals surface area contributed by atoms with Crippen molar-refractivity contribution >= 4 is 17.5 Å². The van der Waals surface area contributed by atoms with Gasteiger partial charge in [-0.1, -0.05) is 30.3 Å². The van der Waals surface area contributed by atoms with Crippen LogP contribution in [-0.4, -0.2) is 17.8 Å². The van der Waals surface area contributed by atoms with Crippen LogP contribution in [0.25, 0.3) is 0 Å². The summed E-state index contributed by atoms with van der Waals surface area (Å²) in [6.45, 7) is 2.71. The fourth-order valence-corrected chi connectivity index (χ4v) is 1.95. The zero-order chi connectivity index (χ0) is 13.2. The Morgan fingerprint density at radius 1 is 1.28 bits per heavy atom. The Morgan fingerprint density at radius 2 is 2.00 bits per heavy atom. The van der Waals surface area contributed by atoms with Crippen LogP contribution in [0.5, 0.6) is 0 Å². The van der Waals surface area contributed by atoms with Crippen LogP contribution in [0.15, 0.2) is 30.3 Å². The molecule has 0 radical (unpaired) electrons. The average molecular weight is 268 g/mol. The maximum absolute atomic E-state index is 11.5. The maximum Gasteiger partial charge on any atom is 0.220 e. The number of nitrogens with one attached hydrogen (secondary N) is 1. The van der Waals surface area contributed by atoms with Crippen LogP contribution in [0.3, 0.4) is 0 Å². The summed E-state index contributed by atoms with van der Waals surface area (Å²) < 4.78 is 0. The number of hydrogen-bond donors (Lipinski definition) is 1. The van der Waals surface area contributed by atoms with Crippen molar-refractivity contribution in [3.63, 3.8) is 0 Å². The van der Waals surface area contributed by atoms with Crippen LogP contribution < -0.4 is 5.32 Å². The number of alkyl halides is 1. The smallest absolute Gasteiger partial charge is 0.220 e. The van der Waals surface area contributed by atoms with Crippen LogP contribution in [0.2, 0.25) is 0 Å².